The van der Waals surface area contributed by atoms with Gasteiger partial charge in [0.05, 0.1) is 12.8 Å². The molecule has 1 aromatic carbocycles. The quantitative estimate of drug-likeness (QED) is 0.866. The molecule has 2 heterocycles. The number of ether oxygens (including phenoxy) is 1. The van der Waals surface area contributed by atoms with Gasteiger partial charge >= 0.3 is 0 Å². The standard InChI is InChI=1S/C18H24N4O3/c1-14-13-17(20-25-14)19-8-7-18(23)22-11-9-21(10-12-22)15-5-3-4-6-16(15)24-2/h3-6,13H,7-12H2,1-2H3,(H,19,20). The molecule has 1 aliphatic heterocycles. The molecule has 1 aliphatic rings. The first-order valence-corrected chi connectivity index (χ1v) is 8.50. The maximum Gasteiger partial charge on any atom is 0.224 e. The van der Waals surface area contributed by atoms with E-state index in [0.29, 0.717) is 18.8 Å². The van der Waals surface area contributed by atoms with E-state index < -0.39 is 0 Å². The molecule has 134 valence electrons. The summed E-state index contributed by atoms with van der Waals surface area (Å²) in [6, 6.07) is 9.80. The Morgan fingerprint density at radius 1 is 1.28 bits per heavy atom. The van der Waals surface area contributed by atoms with Crippen LogP contribution in [0.3, 0.4) is 0 Å². The van der Waals surface area contributed by atoms with E-state index in [1.54, 1.807) is 7.11 Å². The smallest absolute Gasteiger partial charge is 0.224 e. The lowest BCUT2D eigenvalue weighted by molar-refractivity contribution is -0.131. The van der Waals surface area contributed by atoms with Crippen molar-refractivity contribution in [2.45, 2.75) is 13.3 Å². The Morgan fingerprint density at radius 3 is 2.72 bits per heavy atom. The van der Waals surface area contributed by atoms with E-state index in [1.807, 2.05) is 36.1 Å². The number of methoxy groups -OCH3 is 1. The molecule has 25 heavy (non-hydrogen) atoms. The Morgan fingerprint density at radius 2 is 2.04 bits per heavy atom. The predicted octanol–water partition coefficient (Wildman–Crippen LogP) is 2.14. The molecule has 7 nitrogen and oxygen atoms in total. The SMILES string of the molecule is COc1ccccc1N1CCN(C(=O)CCNc2cc(C)on2)CC1. The summed E-state index contributed by atoms with van der Waals surface area (Å²) in [6.45, 7) is 5.45. The van der Waals surface area contributed by atoms with Crippen molar-refractivity contribution in [2.24, 2.45) is 0 Å². The van der Waals surface area contributed by atoms with Crippen molar-refractivity contribution in [3.63, 3.8) is 0 Å². The summed E-state index contributed by atoms with van der Waals surface area (Å²) < 4.78 is 10.4. The first-order chi connectivity index (χ1) is 12.2. The first-order valence-electron chi connectivity index (χ1n) is 8.50. The van der Waals surface area contributed by atoms with Crippen molar-refractivity contribution in [2.75, 3.05) is 50.1 Å². The van der Waals surface area contributed by atoms with Crippen molar-refractivity contribution in [1.29, 1.82) is 0 Å². The van der Waals surface area contributed by atoms with Gasteiger partial charge in [0.25, 0.3) is 0 Å². The molecule has 2 aromatic rings. The number of aryl methyl sites for hydroxylation is 1. The van der Waals surface area contributed by atoms with E-state index in [2.05, 4.69) is 21.4 Å². The molecule has 1 fully saturated rings. The fourth-order valence-corrected chi connectivity index (χ4v) is 2.99. The summed E-state index contributed by atoms with van der Waals surface area (Å²) in [5.41, 5.74) is 1.08. The van der Waals surface area contributed by atoms with E-state index in [0.717, 1.165) is 43.4 Å². The lowest BCUT2D eigenvalue weighted by Gasteiger charge is -2.36. The molecule has 1 amide bonds. The molecule has 0 bridgehead atoms. The molecule has 1 saturated heterocycles. The first kappa shape index (κ1) is 17.1. The van der Waals surface area contributed by atoms with E-state index >= 15 is 0 Å². The molecule has 0 radical (unpaired) electrons. The van der Waals surface area contributed by atoms with Gasteiger partial charge in [-0.3, -0.25) is 4.79 Å². The summed E-state index contributed by atoms with van der Waals surface area (Å²) in [7, 11) is 1.68. The number of benzene rings is 1. The number of hydrogen-bond donors (Lipinski definition) is 1. The third-order valence-corrected chi connectivity index (χ3v) is 4.33. The second-order valence-corrected chi connectivity index (χ2v) is 6.04. The molecule has 1 aromatic heterocycles. The average Bonchev–Trinajstić information content (AvgIpc) is 3.07. The third kappa shape index (κ3) is 4.23. The van der Waals surface area contributed by atoms with Crippen LogP contribution in [0.2, 0.25) is 0 Å². The number of aromatic nitrogens is 1. The molecular formula is C18H24N4O3. The minimum atomic E-state index is 0.160. The molecule has 0 atom stereocenters. The summed E-state index contributed by atoms with van der Waals surface area (Å²) in [4.78, 5) is 16.5. The number of nitrogens with one attached hydrogen (secondary N) is 1. The summed E-state index contributed by atoms with van der Waals surface area (Å²) >= 11 is 0. The second-order valence-electron chi connectivity index (χ2n) is 6.04. The number of para-hydroxylation sites is 2. The Labute approximate surface area is 147 Å². The number of amides is 1. The number of rotatable bonds is 6. The predicted molar refractivity (Wildman–Crippen MR) is 96.1 cm³/mol. The van der Waals surface area contributed by atoms with Crippen molar-refractivity contribution >= 4 is 17.4 Å². The summed E-state index contributed by atoms with van der Waals surface area (Å²) in [5.74, 6) is 2.45. The largest absolute Gasteiger partial charge is 0.495 e. The van der Waals surface area contributed by atoms with Gasteiger partial charge < -0.3 is 24.4 Å². The van der Waals surface area contributed by atoms with Gasteiger partial charge in [0.15, 0.2) is 5.82 Å². The topological polar surface area (TPSA) is 70.8 Å². The van der Waals surface area contributed by atoms with E-state index in [1.165, 1.54) is 0 Å². The maximum absolute atomic E-state index is 12.4. The van der Waals surface area contributed by atoms with E-state index in [-0.39, 0.29) is 5.91 Å². The van der Waals surface area contributed by atoms with Crippen LogP contribution in [0, 0.1) is 6.92 Å². The molecule has 7 heteroatoms. The van der Waals surface area contributed by atoms with Gasteiger partial charge in [-0.1, -0.05) is 17.3 Å². The Hall–Kier alpha value is -2.70. The maximum atomic E-state index is 12.4. The lowest BCUT2D eigenvalue weighted by atomic mass is 10.2. The molecule has 1 N–H and O–H groups in total. The lowest BCUT2D eigenvalue weighted by Crippen LogP contribution is -2.49. The van der Waals surface area contributed by atoms with Crippen LogP contribution < -0.4 is 15.0 Å². The molecular weight excluding hydrogens is 320 g/mol. The van der Waals surface area contributed by atoms with Gasteiger partial charge in [-0.05, 0) is 19.1 Å². The zero-order chi connectivity index (χ0) is 17.6. The van der Waals surface area contributed by atoms with Crippen molar-refractivity contribution < 1.29 is 14.1 Å². The van der Waals surface area contributed by atoms with Crippen LogP contribution in [0.4, 0.5) is 11.5 Å². The number of anilines is 2. The van der Waals surface area contributed by atoms with Gasteiger partial charge in [-0.15, -0.1) is 0 Å². The number of carbonyl (C=O) groups excluding carboxylic acids is 1. The molecule has 3 rings (SSSR count). The Kier molecular flexibility index (Phi) is 5.42. The van der Waals surface area contributed by atoms with Gasteiger partial charge in [0.1, 0.15) is 11.5 Å². The van der Waals surface area contributed by atoms with Crippen LogP contribution in [0.5, 0.6) is 5.75 Å². The number of nitrogens with zero attached hydrogens (tertiary/aromatic N) is 3. The van der Waals surface area contributed by atoms with Crippen molar-refractivity contribution in [3.8, 4) is 5.75 Å². The number of piperazine rings is 1. The second kappa shape index (κ2) is 7.92. The highest BCUT2D eigenvalue weighted by Gasteiger charge is 2.22. The highest BCUT2D eigenvalue weighted by molar-refractivity contribution is 5.77. The number of hydrogen-bond acceptors (Lipinski definition) is 6. The zero-order valence-electron chi connectivity index (χ0n) is 14.7. The molecule has 0 aliphatic carbocycles. The van der Waals surface area contributed by atoms with E-state index in [4.69, 9.17) is 9.26 Å². The molecule has 0 spiro atoms. The average molecular weight is 344 g/mol. The molecule has 0 saturated carbocycles. The fourth-order valence-electron chi connectivity index (χ4n) is 2.99. The van der Waals surface area contributed by atoms with Crippen LogP contribution >= 0.6 is 0 Å². The molecule has 0 unspecified atom stereocenters. The third-order valence-electron chi connectivity index (χ3n) is 4.33. The van der Waals surface area contributed by atoms with Crippen LogP contribution in [-0.2, 0) is 4.79 Å². The van der Waals surface area contributed by atoms with Crippen LogP contribution in [0.1, 0.15) is 12.2 Å². The minimum Gasteiger partial charge on any atom is -0.495 e. The van der Waals surface area contributed by atoms with Gasteiger partial charge in [-0.25, -0.2) is 0 Å². The highest BCUT2D eigenvalue weighted by Crippen LogP contribution is 2.28. The van der Waals surface area contributed by atoms with Crippen LogP contribution in [0.15, 0.2) is 34.9 Å². The van der Waals surface area contributed by atoms with Gasteiger partial charge in [0.2, 0.25) is 5.91 Å². The van der Waals surface area contributed by atoms with E-state index in [9.17, 15) is 4.79 Å². The zero-order valence-corrected chi connectivity index (χ0v) is 14.7. The van der Waals surface area contributed by atoms with Crippen molar-refractivity contribution in [3.05, 3.63) is 36.1 Å². The van der Waals surface area contributed by atoms with Crippen LogP contribution in [-0.4, -0.2) is 55.8 Å². The Balaban J connectivity index is 1.46. The van der Waals surface area contributed by atoms with Crippen molar-refractivity contribution in [1.82, 2.24) is 10.1 Å². The van der Waals surface area contributed by atoms with Gasteiger partial charge in [0, 0.05) is 45.2 Å². The summed E-state index contributed by atoms with van der Waals surface area (Å²) in [6.07, 6.45) is 0.445. The fraction of sp³-hybridized carbons (Fsp3) is 0.444. The normalized spacial score (nSPS) is 14.5. The minimum absolute atomic E-state index is 0.160. The van der Waals surface area contributed by atoms with Gasteiger partial charge in [-0.2, -0.15) is 0 Å². The van der Waals surface area contributed by atoms with Crippen LogP contribution in [0.25, 0.3) is 0 Å². The summed E-state index contributed by atoms with van der Waals surface area (Å²) in [5, 5.41) is 6.96. The number of carbonyl (C=O) groups is 1. The highest BCUT2D eigenvalue weighted by atomic mass is 16.5. The Bertz CT molecular complexity index is 708. The monoisotopic (exact) mass is 344 g/mol.